The van der Waals surface area contributed by atoms with Gasteiger partial charge in [-0.3, -0.25) is 4.79 Å². The van der Waals surface area contributed by atoms with Crippen LogP contribution in [0.5, 0.6) is 0 Å². The summed E-state index contributed by atoms with van der Waals surface area (Å²) in [5, 5.41) is 19.6. The van der Waals surface area contributed by atoms with Gasteiger partial charge in [0.25, 0.3) is 5.91 Å². The zero-order valence-electron chi connectivity index (χ0n) is 18.5. The van der Waals surface area contributed by atoms with E-state index in [1.807, 2.05) is 72.8 Å². The van der Waals surface area contributed by atoms with Crippen molar-refractivity contribution >= 4 is 34.3 Å². The number of carbonyl (C=O) groups excluding carboxylic acids is 1. The van der Waals surface area contributed by atoms with E-state index in [0.717, 1.165) is 16.5 Å². The standard InChI is InChI=1S/C25H20N6O3S/c32-24(16-35-25-26-28-29-30(25)15-17-7-2-1-3-8-17)31-20(22-11-6-12-33-22)14-19(27-31)23-13-18-9-4-5-10-21(18)34-23/h1-13,20H,14-16H2. The molecule has 1 atom stereocenters. The second kappa shape index (κ2) is 9.22. The molecule has 0 bridgehead atoms. The van der Waals surface area contributed by atoms with Gasteiger partial charge >= 0.3 is 0 Å². The van der Waals surface area contributed by atoms with Crippen molar-refractivity contribution in [3.05, 3.63) is 96.1 Å². The Morgan fingerprint density at radius 3 is 2.74 bits per heavy atom. The Balaban J connectivity index is 1.22. The molecule has 0 saturated carbocycles. The monoisotopic (exact) mass is 484 g/mol. The van der Waals surface area contributed by atoms with Crippen LogP contribution in [-0.2, 0) is 11.3 Å². The fourth-order valence-electron chi connectivity index (χ4n) is 4.06. The van der Waals surface area contributed by atoms with Crippen molar-refractivity contribution < 1.29 is 13.6 Å². The number of benzene rings is 2. The molecule has 6 rings (SSSR count). The van der Waals surface area contributed by atoms with Crippen molar-refractivity contribution in [3.63, 3.8) is 0 Å². The smallest absolute Gasteiger partial charge is 0.253 e. The quantitative estimate of drug-likeness (QED) is 0.313. The maximum Gasteiger partial charge on any atom is 0.253 e. The minimum Gasteiger partial charge on any atom is -0.467 e. The van der Waals surface area contributed by atoms with Crippen molar-refractivity contribution in [1.82, 2.24) is 25.2 Å². The minimum atomic E-state index is -0.346. The van der Waals surface area contributed by atoms with Gasteiger partial charge in [0.1, 0.15) is 23.1 Å². The van der Waals surface area contributed by atoms with E-state index < -0.39 is 0 Å². The average Bonchev–Trinajstić information content (AvgIpc) is 3.68. The molecule has 0 fully saturated rings. The highest BCUT2D eigenvalue weighted by atomic mass is 32.2. The first-order valence-electron chi connectivity index (χ1n) is 11.1. The Morgan fingerprint density at radius 1 is 1.06 bits per heavy atom. The average molecular weight is 485 g/mol. The zero-order chi connectivity index (χ0) is 23.6. The number of rotatable bonds is 7. The molecule has 3 aromatic heterocycles. The molecule has 5 aromatic rings. The van der Waals surface area contributed by atoms with E-state index in [9.17, 15) is 4.79 Å². The lowest BCUT2D eigenvalue weighted by Crippen LogP contribution is -2.28. The first kappa shape index (κ1) is 21.4. The molecule has 0 N–H and O–H groups in total. The Hall–Kier alpha value is -4.18. The molecule has 0 saturated heterocycles. The number of para-hydroxylation sites is 1. The van der Waals surface area contributed by atoms with Crippen molar-refractivity contribution in [2.24, 2.45) is 5.10 Å². The molecular formula is C25H20N6O3S. The minimum absolute atomic E-state index is 0.128. The van der Waals surface area contributed by atoms with E-state index >= 15 is 0 Å². The van der Waals surface area contributed by atoms with Gasteiger partial charge in [-0.2, -0.15) is 5.10 Å². The number of aromatic nitrogens is 4. The Kier molecular flexibility index (Phi) is 5.63. The van der Waals surface area contributed by atoms with Gasteiger partial charge in [0, 0.05) is 11.8 Å². The van der Waals surface area contributed by atoms with Crippen LogP contribution < -0.4 is 0 Å². The highest BCUT2D eigenvalue weighted by Crippen LogP contribution is 2.35. The maximum absolute atomic E-state index is 13.3. The summed E-state index contributed by atoms with van der Waals surface area (Å²) < 4.78 is 13.3. The van der Waals surface area contributed by atoms with Crippen molar-refractivity contribution in [2.75, 3.05) is 5.75 Å². The molecule has 35 heavy (non-hydrogen) atoms. The summed E-state index contributed by atoms with van der Waals surface area (Å²) in [4.78, 5) is 13.3. The van der Waals surface area contributed by atoms with Crippen molar-refractivity contribution in [3.8, 4) is 0 Å². The van der Waals surface area contributed by atoms with Gasteiger partial charge in [-0.25, -0.2) is 9.69 Å². The molecule has 174 valence electrons. The molecule has 10 heteroatoms. The van der Waals surface area contributed by atoms with Crippen molar-refractivity contribution in [2.45, 2.75) is 24.2 Å². The molecular weight excluding hydrogens is 464 g/mol. The van der Waals surface area contributed by atoms with Gasteiger partial charge in [0.2, 0.25) is 5.16 Å². The lowest BCUT2D eigenvalue weighted by Gasteiger charge is -2.19. The van der Waals surface area contributed by atoms with Gasteiger partial charge < -0.3 is 8.83 Å². The van der Waals surface area contributed by atoms with E-state index in [0.29, 0.717) is 35.4 Å². The maximum atomic E-state index is 13.3. The Bertz CT molecular complexity index is 1460. The predicted octanol–water partition coefficient (Wildman–Crippen LogP) is 4.53. The van der Waals surface area contributed by atoms with Crippen molar-refractivity contribution in [1.29, 1.82) is 0 Å². The van der Waals surface area contributed by atoms with Gasteiger partial charge in [-0.15, -0.1) is 5.10 Å². The summed E-state index contributed by atoms with van der Waals surface area (Å²) in [5.74, 6) is 1.28. The molecule has 0 spiro atoms. The van der Waals surface area contributed by atoms with Crippen LogP contribution in [0.25, 0.3) is 11.0 Å². The summed E-state index contributed by atoms with van der Waals surface area (Å²) in [5.41, 5.74) is 2.56. The molecule has 0 aliphatic carbocycles. The van der Waals surface area contributed by atoms with Gasteiger partial charge in [-0.05, 0) is 40.3 Å². The molecule has 0 radical (unpaired) electrons. The summed E-state index contributed by atoms with van der Waals surface area (Å²) in [6, 6.07) is 23.0. The zero-order valence-corrected chi connectivity index (χ0v) is 19.3. The van der Waals surface area contributed by atoms with Crippen LogP contribution >= 0.6 is 11.8 Å². The third-order valence-electron chi connectivity index (χ3n) is 5.75. The molecule has 4 heterocycles. The molecule has 9 nitrogen and oxygen atoms in total. The highest BCUT2D eigenvalue weighted by Gasteiger charge is 2.36. The van der Waals surface area contributed by atoms with E-state index in [2.05, 4.69) is 20.6 Å². The van der Waals surface area contributed by atoms with Gasteiger partial charge in [0.15, 0.2) is 5.76 Å². The second-order valence-corrected chi connectivity index (χ2v) is 9.00. The molecule has 1 amide bonds. The summed E-state index contributed by atoms with van der Waals surface area (Å²) in [6.07, 6.45) is 2.10. The van der Waals surface area contributed by atoms with Crippen LogP contribution in [0.2, 0.25) is 0 Å². The predicted molar refractivity (Wildman–Crippen MR) is 130 cm³/mol. The van der Waals surface area contributed by atoms with Crippen LogP contribution in [0.4, 0.5) is 0 Å². The number of nitrogens with zero attached hydrogens (tertiary/aromatic N) is 6. The van der Waals surface area contributed by atoms with E-state index in [-0.39, 0.29) is 17.7 Å². The summed E-state index contributed by atoms with van der Waals surface area (Å²) in [6.45, 7) is 0.525. The number of fused-ring (bicyclic) bond motifs is 1. The molecule has 1 unspecified atom stereocenters. The largest absolute Gasteiger partial charge is 0.467 e. The van der Waals surface area contributed by atoms with Crippen LogP contribution in [0.1, 0.15) is 29.5 Å². The van der Waals surface area contributed by atoms with Crippen LogP contribution in [-0.4, -0.2) is 42.6 Å². The Morgan fingerprint density at radius 2 is 1.91 bits per heavy atom. The second-order valence-electron chi connectivity index (χ2n) is 8.06. The fourth-order valence-corrected chi connectivity index (χ4v) is 4.79. The van der Waals surface area contributed by atoms with E-state index in [1.165, 1.54) is 16.8 Å². The SMILES string of the molecule is O=C(CSc1nnnn1Cc1ccccc1)N1N=C(c2cc3ccccc3o2)CC1c1ccco1. The molecule has 2 aromatic carbocycles. The molecule has 1 aliphatic heterocycles. The highest BCUT2D eigenvalue weighted by molar-refractivity contribution is 7.99. The third kappa shape index (κ3) is 4.35. The number of hydrogen-bond donors (Lipinski definition) is 0. The van der Waals surface area contributed by atoms with Crippen LogP contribution in [0, 0.1) is 0 Å². The number of hydrogen-bond acceptors (Lipinski definition) is 8. The van der Waals surface area contributed by atoms with Crippen LogP contribution in [0.15, 0.2) is 98.2 Å². The fraction of sp³-hybridized carbons (Fsp3) is 0.160. The number of tetrazole rings is 1. The lowest BCUT2D eigenvalue weighted by atomic mass is 10.1. The number of amides is 1. The van der Waals surface area contributed by atoms with E-state index in [4.69, 9.17) is 8.83 Å². The lowest BCUT2D eigenvalue weighted by molar-refractivity contribution is -0.130. The summed E-state index contributed by atoms with van der Waals surface area (Å²) in [7, 11) is 0. The molecule has 1 aliphatic rings. The number of furan rings is 2. The topological polar surface area (TPSA) is 103 Å². The number of carbonyl (C=O) groups is 1. The van der Waals surface area contributed by atoms with E-state index in [1.54, 1.807) is 10.9 Å². The number of hydrazone groups is 1. The normalized spacial score (nSPS) is 15.6. The first-order valence-corrected chi connectivity index (χ1v) is 12.1. The first-order chi connectivity index (χ1) is 17.2. The third-order valence-corrected chi connectivity index (χ3v) is 6.69. The van der Waals surface area contributed by atoms with Crippen LogP contribution in [0.3, 0.4) is 0 Å². The van der Waals surface area contributed by atoms with Gasteiger partial charge in [-0.1, -0.05) is 60.3 Å². The summed E-state index contributed by atoms with van der Waals surface area (Å²) >= 11 is 1.28. The Labute approximate surface area is 204 Å². The van der Waals surface area contributed by atoms with Gasteiger partial charge in [0.05, 0.1) is 18.6 Å². The number of thioether (sulfide) groups is 1.